The van der Waals surface area contributed by atoms with Gasteiger partial charge in [-0.05, 0) is 78.2 Å². The average Bonchev–Trinajstić information content (AvgIpc) is 3.33. The Labute approximate surface area is 207 Å². The van der Waals surface area contributed by atoms with Gasteiger partial charge in [0.05, 0.1) is 7.11 Å². The Morgan fingerprint density at radius 3 is 2.28 bits per heavy atom. The smallest absolute Gasteiger partial charge is 0.244 e. The minimum absolute atomic E-state index is 0.0246. The van der Waals surface area contributed by atoms with Crippen molar-refractivity contribution < 1.29 is 18.3 Å². The van der Waals surface area contributed by atoms with Gasteiger partial charge in [-0.25, -0.2) is 18.4 Å². The van der Waals surface area contributed by atoms with Crippen LogP contribution in [0.3, 0.4) is 0 Å². The molecule has 0 spiro atoms. The fraction of sp³-hybridized carbons (Fsp3) is 0.179. The van der Waals surface area contributed by atoms with E-state index in [1.54, 1.807) is 36.3 Å². The number of carbonyl (C=O) groups is 1. The van der Waals surface area contributed by atoms with Crippen LogP contribution in [0.2, 0.25) is 0 Å². The third-order valence-corrected chi connectivity index (χ3v) is 6.16. The number of ether oxygens (including phenoxy) is 1. The van der Waals surface area contributed by atoms with Gasteiger partial charge in [0.1, 0.15) is 23.9 Å². The first-order valence-corrected chi connectivity index (χ1v) is 11.6. The fourth-order valence-corrected chi connectivity index (χ4v) is 4.19. The molecule has 1 aromatic heterocycles. The summed E-state index contributed by atoms with van der Waals surface area (Å²) in [5, 5.41) is 4.54. The maximum absolute atomic E-state index is 13.5. The molecule has 2 heterocycles. The fourth-order valence-electron chi connectivity index (χ4n) is 4.19. The molecule has 0 radical (unpaired) electrons. The summed E-state index contributed by atoms with van der Waals surface area (Å²) < 4.78 is 33.7. The molecule has 1 aliphatic heterocycles. The lowest BCUT2D eigenvalue weighted by Crippen LogP contribution is -2.37. The van der Waals surface area contributed by atoms with Crippen LogP contribution < -0.4 is 4.74 Å². The molecule has 36 heavy (non-hydrogen) atoms. The summed E-state index contributed by atoms with van der Waals surface area (Å²) in [6, 6.07) is 19.6. The van der Waals surface area contributed by atoms with Crippen molar-refractivity contribution in [1.29, 1.82) is 0 Å². The van der Waals surface area contributed by atoms with E-state index in [0.29, 0.717) is 35.9 Å². The Morgan fingerprint density at radius 1 is 0.944 bits per heavy atom. The second kappa shape index (κ2) is 10.1. The number of carbonyl (C=O) groups excluding carboxylic acids is 1. The third-order valence-electron chi connectivity index (χ3n) is 6.16. The Morgan fingerprint density at radius 2 is 1.64 bits per heavy atom. The Balaban J connectivity index is 1.38. The van der Waals surface area contributed by atoms with Crippen LogP contribution >= 0.6 is 0 Å². The Hall–Kier alpha value is -4.33. The van der Waals surface area contributed by atoms with Gasteiger partial charge in [-0.15, -0.1) is 5.10 Å². The molecule has 182 valence electrons. The molecule has 0 saturated carbocycles. The van der Waals surface area contributed by atoms with Crippen LogP contribution in [0.25, 0.3) is 28.3 Å². The molecule has 0 bridgehead atoms. The average molecular weight is 487 g/mol. The second-order valence-corrected chi connectivity index (χ2v) is 8.48. The van der Waals surface area contributed by atoms with Crippen LogP contribution in [0.4, 0.5) is 8.78 Å². The molecular formula is C28H24F2N4O2. The van der Waals surface area contributed by atoms with E-state index in [9.17, 15) is 13.6 Å². The van der Waals surface area contributed by atoms with Gasteiger partial charge >= 0.3 is 0 Å². The molecular weight excluding hydrogens is 462 g/mol. The highest BCUT2D eigenvalue weighted by Crippen LogP contribution is 2.27. The van der Waals surface area contributed by atoms with E-state index in [0.717, 1.165) is 17.7 Å². The van der Waals surface area contributed by atoms with E-state index < -0.39 is 0 Å². The largest absolute Gasteiger partial charge is 0.497 e. The number of aromatic nitrogens is 3. The minimum atomic E-state index is -0.369. The van der Waals surface area contributed by atoms with Crippen molar-refractivity contribution in [2.75, 3.05) is 20.2 Å². The molecule has 4 aromatic rings. The molecule has 0 unspecified atom stereocenters. The van der Waals surface area contributed by atoms with Gasteiger partial charge in [-0.2, -0.15) is 0 Å². The van der Waals surface area contributed by atoms with Gasteiger partial charge < -0.3 is 9.64 Å². The highest BCUT2D eigenvalue weighted by Gasteiger charge is 2.22. The summed E-state index contributed by atoms with van der Waals surface area (Å²) in [5.74, 6) is 0.761. The lowest BCUT2D eigenvalue weighted by molar-refractivity contribution is -0.131. The lowest BCUT2D eigenvalue weighted by Gasteiger charge is -2.27. The van der Waals surface area contributed by atoms with E-state index in [1.807, 2.05) is 24.3 Å². The van der Waals surface area contributed by atoms with Crippen molar-refractivity contribution in [2.24, 2.45) is 0 Å². The zero-order valence-electron chi connectivity index (χ0n) is 19.7. The highest BCUT2D eigenvalue weighted by atomic mass is 19.1. The van der Waals surface area contributed by atoms with E-state index in [1.165, 1.54) is 34.5 Å². The maximum Gasteiger partial charge on any atom is 0.244 e. The number of hydrogen-bond donors (Lipinski definition) is 0. The summed E-state index contributed by atoms with van der Waals surface area (Å²) in [6.45, 7) is 1.04. The van der Waals surface area contributed by atoms with E-state index in [4.69, 9.17) is 4.74 Å². The Bertz CT molecular complexity index is 1410. The molecule has 0 atom stereocenters. The zero-order chi connectivity index (χ0) is 25.1. The minimum Gasteiger partial charge on any atom is -0.497 e. The number of benzene rings is 3. The summed E-state index contributed by atoms with van der Waals surface area (Å²) in [4.78, 5) is 19.6. The topological polar surface area (TPSA) is 60.2 Å². The predicted molar refractivity (Wildman–Crippen MR) is 133 cm³/mol. The first kappa shape index (κ1) is 23.4. The van der Waals surface area contributed by atoms with Crippen LogP contribution in [-0.2, 0) is 11.3 Å². The zero-order valence-corrected chi connectivity index (χ0v) is 19.7. The number of hydrogen-bond acceptors (Lipinski definition) is 4. The molecule has 6 nitrogen and oxygen atoms in total. The van der Waals surface area contributed by atoms with Gasteiger partial charge in [0.25, 0.3) is 0 Å². The van der Waals surface area contributed by atoms with E-state index in [-0.39, 0.29) is 24.1 Å². The number of amides is 1. The Kier molecular flexibility index (Phi) is 6.58. The molecule has 8 heteroatoms. The van der Waals surface area contributed by atoms with Crippen molar-refractivity contribution in [3.63, 3.8) is 0 Å². The monoisotopic (exact) mass is 486 g/mol. The quantitative estimate of drug-likeness (QED) is 0.375. The molecule has 3 aromatic carbocycles. The normalized spacial score (nSPS) is 13.4. The van der Waals surface area contributed by atoms with E-state index in [2.05, 4.69) is 16.2 Å². The van der Waals surface area contributed by atoms with Crippen molar-refractivity contribution in [1.82, 2.24) is 19.7 Å². The number of halogens is 2. The van der Waals surface area contributed by atoms with E-state index >= 15 is 0 Å². The molecule has 1 amide bonds. The molecule has 0 N–H and O–H groups in total. The number of rotatable bonds is 6. The summed E-state index contributed by atoms with van der Waals surface area (Å²) in [6.07, 6.45) is 2.78. The summed E-state index contributed by atoms with van der Waals surface area (Å²) in [7, 11) is 1.64. The van der Waals surface area contributed by atoms with Gasteiger partial charge in [0, 0.05) is 24.2 Å². The molecule has 0 saturated heterocycles. The molecule has 0 aliphatic carbocycles. The summed E-state index contributed by atoms with van der Waals surface area (Å²) in [5.41, 5.74) is 3.50. The van der Waals surface area contributed by atoms with Crippen LogP contribution in [0.5, 0.6) is 5.75 Å². The van der Waals surface area contributed by atoms with Crippen molar-refractivity contribution >= 4 is 11.5 Å². The standard InChI is InChI=1S/C28H24F2N4O2/c1-36-25-4-2-3-22(17-25)19-13-15-33(16-14-19)26(35)18-34-28(21-7-11-24(30)12-8-21)31-27(32-34)20-5-9-23(29)10-6-20/h2-13,17H,14-16,18H2,1H3. The molecule has 1 aliphatic rings. The lowest BCUT2D eigenvalue weighted by atomic mass is 9.99. The van der Waals surface area contributed by atoms with Crippen LogP contribution in [0.1, 0.15) is 12.0 Å². The van der Waals surface area contributed by atoms with Crippen LogP contribution in [-0.4, -0.2) is 45.8 Å². The van der Waals surface area contributed by atoms with Gasteiger partial charge in [0.2, 0.25) is 5.91 Å². The van der Waals surface area contributed by atoms with Crippen LogP contribution in [0.15, 0.2) is 78.9 Å². The third kappa shape index (κ3) is 5.02. The number of nitrogens with zero attached hydrogens (tertiary/aromatic N) is 4. The summed E-state index contributed by atoms with van der Waals surface area (Å²) >= 11 is 0. The predicted octanol–water partition coefficient (Wildman–Crippen LogP) is 5.21. The van der Waals surface area contributed by atoms with Crippen molar-refractivity contribution in [2.45, 2.75) is 13.0 Å². The first-order chi connectivity index (χ1) is 17.5. The van der Waals surface area contributed by atoms with Crippen molar-refractivity contribution in [3.8, 4) is 28.5 Å². The van der Waals surface area contributed by atoms with Gasteiger partial charge in [-0.1, -0.05) is 18.2 Å². The van der Waals surface area contributed by atoms with Gasteiger partial charge in [0.15, 0.2) is 11.6 Å². The second-order valence-electron chi connectivity index (χ2n) is 8.48. The SMILES string of the molecule is COc1cccc(C2=CCN(C(=O)Cn3nc(-c4ccc(F)cc4)nc3-c3ccc(F)cc3)CC2)c1. The number of methoxy groups -OCH3 is 1. The van der Waals surface area contributed by atoms with Gasteiger partial charge in [-0.3, -0.25) is 4.79 Å². The van der Waals surface area contributed by atoms with Crippen LogP contribution in [0, 0.1) is 11.6 Å². The van der Waals surface area contributed by atoms with Crippen molar-refractivity contribution in [3.05, 3.63) is 96.1 Å². The molecule has 5 rings (SSSR count). The molecule has 0 fully saturated rings. The highest BCUT2D eigenvalue weighted by molar-refractivity contribution is 5.79. The maximum atomic E-state index is 13.5. The first-order valence-electron chi connectivity index (χ1n) is 11.6.